The summed E-state index contributed by atoms with van der Waals surface area (Å²) in [6.07, 6.45) is 0.774. The molecule has 1 saturated heterocycles. The first kappa shape index (κ1) is 17.0. The molecule has 24 heavy (non-hydrogen) atoms. The zero-order chi connectivity index (χ0) is 17.2. The van der Waals surface area contributed by atoms with Crippen LogP contribution in [0.15, 0.2) is 23.1 Å². The summed E-state index contributed by atoms with van der Waals surface area (Å²) in [5.74, 6) is 1.06. The predicted molar refractivity (Wildman–Crippen MR) is 87.5 cm³/mol. The average molecular weight is 351 g/mol. The van der Waals surface area contributed by atoms with E-state index in [9.17, 15) is 8.42 Å². The molecule has 0 radical (unpaired) electrons. The van der Waals surface area contributed by atoms with E-state index in [0.717, 1.165) is 6.42 Å². The van der Waals surface area contributed by atoms with Crippen molar-refractivity contribution in [2.75, 3.05) is 39.4 Å². The minimum atomic E-state index is -3.58. The lowest BCUT2D eigenvalue weighted by atomic mass is 10.2. The first-order valence-corrected chi connectivity index (χ1v) is 9.50. The molecule has 8 heteroatoms. The summed E-state index contributed by atoms with van der Waals surface area (Å²) in [6.45, 7) is 4.77. The Morgan fingerprint density at radius 1 is 1.12 bits per heavy atom. The summed E-state index contributed by atoms with van der Waals surface area (Å²) < 4.78 is 38.3. The Kier molecular flexibility index (Phi) is 4.94. The molecule has 1 aromatic carbocycles. The highest BCUT2D eigenvalue weighted by atomic mass is 32.2. The number of ether oxygens (including phenoxy) is 2. The maximum absolute atomic E-state index is 12.9. The summed E-state index contributed by atoms with van der Waals surface area (Å²) in [5.41, 5.74) is 0. The van der Waals surface area contributed by atoms with E-state index in [1.54, 1.807) is 18.2 Å². The first-order chi connectivity index (χ1) is 11.5. The van der Waals surface area contributed by atoms with Crippen LogP contribution in [0.2, 0.25) is 0 Å². The monoisotopic (exact) mass is 351 g/mol. The molecule has 0 unspecified atom stereocenters. The topological polar surface area (TPSA) is 82.9 Å². The molecule has 0 saturated carbocycles. The number of benzene rings is 1. The van der Waals surface area contributed by atoms with Crippen molar-refractivity contribution in [3.8, 4) is 17.6 Å². The van der Waals surface area contributed by atoms with E-state index < -0.39 is 10.0 Å². The number of nitrogens with zero attached hydrogens (tertiary/aromatic N) is 3. The minimum absolute atomic E-state index is 0.201. The number of rotatable bonds is 3. The Hall–Kier alpha value is -1.82. The molecule has 0 bridgehead atoms. The molecule has 2 heterocycles. The van der Waals surface area contributed by atoms with Gasteiger partial charge in [-0.3, -0.25) is 4.90 Å². The maximum atomic E-state index is 12.9. The molecule has 7 nitrogen and oxygen atoms in total. The zero-order valence-corrected chi connectivity index (χ0v) is 14.5. The summed E-state index contributed by atoms with van der Waals surface area (Å²) in [4.78, 5) is 2.20. The fourth-order valence-corrected chi connectivity index (χ4v) is 4.30. The molecule has 1 atom stereocenters. The predicted octanol–water partition coefficient (Wildman–Crippen LogP) is 1.07. The minimum Gasteiger partial charge on any atom is -0.490 e. The van der Waals surface area contributed by atoms with Crippen molar-refractivity contribution >= 4 is 10.0 Å². The summed E-state index contributed by atoms with van der Waals surface area (Å²) in [6, 6.07) is 6.75. The lowest BCUT2D eigenvalue weighted by molar-refractivity contribution is 0.169. The number of nitriles is 1. The van der Waals surface area contributed by atoms with Gasteiger partial charge < -0.3 is 9.47 Å². The quantitative estimate of drug-likeness (QED) is 0.810. The van der Waals surface area contributed by atoms with Crippen molar-refractivity contribution in [1.82, 2.24) is 9.21 Å². The van der Waals surface area contributed by atoms with E-state index >= 15 is 0 Å². The Labute approximate surface area is 142 Å². The fraction of sp³-hybridized carbons (Fsp3) is 0.562. The van der Waals surface area contributed by atoms with Crippen molar-refractivity contribution < 1.29 is 17.9 Å². The second kappa shape index (κ2) is 6.97. The number of hydrogen-bond donors (Lipinski definition) is 0. The van der Waals surface area contributed by atoms with Gasteiger partial charge in [0.15, 0.2) is 11.5 Å². The van der Waals surface area contributed by atoms with Gasteiger partial charge >= 0.3 is 0 Å². The van der Waals surface area contributed by atoms with Crippen molar-refractivity contribution in [3.05, 3.63) is 18.2 Å². The highest BCUT2D eigenvalue weighted by molar-refractivity contribution is 7.89. The van der Waals surface area contributed by atoms with E-state index in [2.05, 4.69) is 6.07 Å². The van der Waals surface area contributed by atoms with Gasteiger partial charge in [-0.05, 0) is 19.1 Å². The van der Waals surface area contributed by atoms with Crippen molar-refractivity contribution in [2.24, 2.45) is 0 Å². The van der Waals surface area contributed by atoms with E-state index in [1.807, 2.05) is 11.8 Å². The lowest BCUT2D eigenvalue weighted by Crippen LogP contribution is -2.50. The molecule has 0 amide bonds. The van der Waals surface area contributed by atoms with Gasteiger partial charge in [-0.2, -0.15) is 9.57 Å². The standard InChI is InChI=1S/C16H21N3O4S/c1-13(12-17)18-5-7-19(8-6-18)24(20,21)14-3-4-15-16(11-14)23-10-2-9-22-15/h3-4,11,13H,2,5-10H2,1H3/t13-/m1/s1. The highest BCUT2D eigenvalue weighted by Crippen LogP contribution is 2.33. The Bertz CT molecular complexity index is 736. The van der Waals surface area contributed by atoms with Gasteiger partial charge in [0.1, 0.15) is 0 Å². The molecule has 1 fully saturated rings. The fourth-order valence-electron chi connectivity index (χ4n) is 2.87. The number of piperazine rings is 1. The third kappa shape index (κ3) is 3.34. The molecule has 2 aliphatic heterocycles. The van der Waals surface area contributed by atoms with Crippen LogP contribution in [0.1, 0.15) is 13.3 Å². The first-order valence-electron chi connectivity index (χ1n) is 8.06. The molecule has 3 rings (SSSR count). The molecular weight excluding hydrogens is 330 g/mol. The molecule has 2 aliphatic rings. The second-order valence-corrected chi connectivity index (χ2v) is 7.84. The van der Waals surface area contributed by atoms with Gasteiger partial charge in [0.25, 0.3) is 0 Å². The molecule has 130 valence electrons. The molecule has 1 aromatic rings. The lowest BCUT2D eigenvalue weighted by Gasteiger charge is -2.35. The van der Waals surface area contributed by atoms with Gasteiger partial charge in [0.2, 0.25) is 10.0 Å². The van der Waals surface area contributed by atoms with Crippen molar-refractivity contribution in [2.45, 2.75) is 24.3 Å². The SMILES string of the molecule is C[C@H](C#N)N1CCN(S(=O)(=O)c2ccc3c(c2)OCCCO3)CC1. The van der Waals surface area contributed by atoms with Gasteiger partial charge in [0, 0.05) is 38.7 Å². The molecule has 0 spiro atoms. The van der Waals surface area contributed by atoms with Crippen LogP contribution in [-0.2, 0) is 10.0 Å². The summed E-state index contributed by atoms with van der Waals surface area (Å²) >= 11 is 0. The summed E-state index contributed by atoms with van der Waals surface area (Å²) in [7, 11) is -3.58. The van der Waals surface area contributed by atoms with Crippen LogP contribution in [0.3, 0.4) is 0 Å². The van der Waals surface area contributed by atoms with Crippen LogP contribution >= 0.6 is 0 Å². The van der Waals surface area contributed by atoms with Gasteiger partial charge in [-0.1, -0.05) is 0 Å². The van der Waals surface area contributed by atoms with Crippen LogP contribution in [0, 0.1) is 11.3 Å². The average Bonchev–Trinajstić information content (AvgIpc) is 2.85. The molecule has 0 aromatic heterocycles. The third-order valence-corrected chi connectivity index (χ3v) is 6.26. The van der Waals surface area contributed by atoms with Gasteiger partial charge in [-0.25, -0.2) is 8.42 Å². The van der Waals surface area contributed by atoms with E-state index in [-0.39, 0.29) is 10.9 Å². The van der Waals surface area contributed by atoms with Crippen molar-refractivity contribution in [3.63, 3.8) is 0 Å². The Morgan fingerprint density at radius 3 is 2.46 bits per heavy atom. The second-order valence-electron chi connectivity index (χ2n) is 5.90. The van der Waals surface area contributed by atoms with Crippen LogP contribution in [0.25, 0.3) is 0 Å². The molecule has 0 aliphatic carbocycles. The van der Waals surface area contributed by atoms with Crippen LogP contribution in [-0.4, -0.2) is 63.1 Å². The van der Waals surface area contributed by atoms with Crippen LogP contribution < -0.4 is 9.47 Å². The summed E-state index contributed by atoms with van der Waals surface area (Å²) in [5, 5.41) is 8.98. The smallest absolute Gasteiger partial charge is 0.243 e. The third-order valence-electron chi connectivity index (χ3n) is 4.36. The van der Waals surface area contributed by atoms with E-state index in [4.69, 9.17) is 14.7 Å². The van der Waals surface area contributed by atoms with Crippen LogP contribution in [0.4, 0.5) is 0 Å². The Morgan fingerprint density at radius 2 is 1.79 bits per heavy atom. The molecular formula is C16H21N3O4S. The maximum Gasteiger partial charge on any atom is 0.243 e. The number of hydrogen-bond acceptors (Lipinski definition) is 6. The van der Waals surface area contributed by atoms with Gasteiger partial charge in [-0.15, -0.1) is 0 Å². The molecule has 0 N–H and O–H groups in total. The van der Waals surface area contributed by atoms with Crippen molar-refractivity contribution in [1.29, 1.82) is 5.26 Å². The normalized spacial score (nSPS) is 20.8. The van der Waals surface area contributed by atoms with Gasteiger partial charge in [0.05, 0.1) is 30.2 Å². The van der Waals surface area contributed by atoms with E-state index in [0.29, 0.717) is 50.9 Å². The zero-order valence-electron chi connectivity index (χ0n) is 13.6. The Balaban J connectivity index is 1.77. The highest BCUT2D eigenvalue weighted by Gasteiger charge is 2.30. The van der Waals surface area contributed by atoms with E-state index in [1.165, 1.54) is 4.31 Å². The number of sulfonamides is 1. The number of fused-ring (bicyclic) bond motifs is 1. The van der Waals surface area contributed by atoms with Crippen LogP contribution in [0.5, 0.6) is 11.5 Å². The largest absolute Gasteiger partial charge is 0.490 e.